The van der Waals surface area contributed by atoms with E-state index in [2.05, 4.69) is 78.4 Å². The molecule has 0 amide bonds. The Morgan fingerprint density at radius 3 is 1.38 bits per heavy atom. The average Bonchev–Trinajstić information content (AvgIpc) is 1.57. The van der Waals surface area contributed by atoms with Gasteiger partial charge in [0.25, 0.3) is 6.43 Å². The molecule has 4 aliphatic heterocycles. The summed E-state index contributed by atoms with van der Waals surface area (Å²) in [6.07, 6.45) is 5.31. The number of halogens is 3. The molecule has 4 fully saturated rings. The van der Waals surface area contributed by atoms with Crippen molar-refractivity contribution in [3.8, 4) is 51.7 Å². The Labute approximate surface area is 719 Å². The summed E-state index contributed by atoms with van der Waals surface area (Å²) in [5.74, 6) is 2.46. The topological polar surface area (TPSA) is 438 Å². The Kier molecular flexibility index (Phi) is 24.2. The van der Waals surface area contributed by atoms with Gasteiger partial charge in [-0.05, 0) is 138 Å². The molecule has 12 N–H and O–H groups in total. The maximum absolute atomic E-state index is 14.6. The fraction of sp³-hybridized carbons (Fsp3) is 0.422. The third-order valence-electron chi connectivity index (χ3n) is 25.6. The summed E-state index contributed by atoms with van der Waals surface area (Å²) in [5, 5.41) is 116. The van der Waals surface area contributed by atoms with E-state index < -0.39 is 103 Å². The number of benzene rings is 4. The number of aliphatic hydroxyl groups is 8. The summed E-state index contributed by atoms with van der Waals surface area (Å²) in [6.45, 7) is 15.1. The van der Waals surface area contributed by atoms with E-state index in [4.69, 9.17) is 32.9 Å². The molecule has 4 saturated carbocycles. The summed E-state index contributed by atoms with van der Waals surface area (Å²) < 4.78 is 90.5. The highest BCUT2D eigenvalue weighted by molar-refractivity contribution is 5.81. The van der Waals surface area contributed by atoms with Gasteiger partial charge in [0.05, 0.1) is 75.9 Å². The number of alkyl halides is 2. The molecule has 17 atom stereocenters. The predicted molar refractivity (Wildman–Crippen MR) is 450 cm³/mol. The van der Waals surface area contributed by atoms with Crippen molar-refractivity contribution in [1.29, 1.82) is 5.26 Å². The van der Waals surface area contributed by atoms with Crippen LogP contribution in [-0.2, 0) is 39.0 Å². The highest BCUT2D eigenvalue weighted by Crippen LogP contribution is 2.46. The van der Waals surface area contributed by atoms with Crippen molar-refractivity contribution in [3.05, 3.63) is 208 Å². The second kappa shape index (κ2) is 35.9. The van der Waals surface area contributed by atoms with Crippen molar-refractivity contribution in [2.45, 2.75) is 209 Å². The molecule has 4 aliphatic carbocycles. The molecule has 4 aromatic carbocycles. The number of aromatic nitrogens is 13. The number of ether oxygens (including phenoxy) is 6. The molecule has 0 radical (unpaired) electrons. The van der Waals surface area contributed by atoms with Crippen LogP contribution in [0.4, 0.5) is 13.2 Å². The molecule has 126 heavy (non-hydrogen) atoms. The van der Waals surface area contributed by atoms with Crippen LogP contribution in [-0.4, -0.2) is 216 Å². The molecular weight excluding hydrogens is 1630 g/mol. The van der Waals surface area contributed by atoms with E-state index in [1.54, 1.807) is 35.4 Å². The number of rotatable bonds is 14. The number of nitriles is 1. The number of aryl methyl sites for hydroxylation is 4. The molecule has 33 nitrogen and oxygen atoms in total. The first-order valence-corrected chi connectivity index (χ1v) is 42.3. The number of aliphatic hydroxyl groups excluding tert-OH is 8. The normalized spacial score (nSPS) is 26.1. The molecule has 0 saturated heterocycles. The molecule has 658 valence electrons. The van der Waals surface area contributed by atoms with Crippen LogP contribution in [0.2, 0.25) is 0 Å². The van der Waals surface area contributed by atoms with Crippen molar-refractivity contribution in [1.82, 2.24) is 84.6 Å². The van der Waals surface area contributed by atoms with Crippen molar-refractivity contribution >= 4 is 44.1 Å². The van der Waals surface area contributed by atoms with E-state index >= 15 is 0 Å². The van der Waals surface area contributed by atoms with Crippen molar-refractivity contribution in [2.75, 3.05) is 32.8 Å². The summed E-state index contributed by atoms with van der Waals surface area (Å²) in [7, 11) is 0. The molecular formula is C90H97F3N18O15. The minimum atomic E-state index is -2.99. The molecule has 36 heteroatoms. The van der Waals surface area contributed by atoms with Gasteiger partial charge in [-0.25, -0.2) is 53.0 Å². The lowest BCUT2D eigenvalue weighted by Gasteiger charge is -2.26. The predicted octanol–water partition coefficient (Wildman–Crippen LogP) is 7.66. The Balaban J connectivity index is 0.000000114. The third-order valence-corrected chi connectivity index (χ3v) is 25.6. The smallest absolute Gasteiger partial charge is 0.266 e. The van der Waals surface area contributed by atoms with E-state index in [0.29, 0.717) is 104 Å². The van der Waals surface area contributed by atoms with Crippen molar-refractivity contribution in [3.63, 3.8) is 0 Å². The Morgan fingerprint density at radius 2 is 0.905 bits per heavy atom. The quantitative estimate of drug-likeness (QED) is 0.0497. The number of hydrogen-bond donors (Lipinski definition) is 12. The van der Waals surface area contributed by atoms with Crippen LogP contribution in [0.3, 0.4) is 0 Å². The molecule has 21 rings (SSSR count). The summed E-state index contributed by atoms with van der Waals surface area (Å²) in [4.78, 5) is 34.3. The van der Waals surface area contributed by atoms with Crippen molar-refractivity contribution < 1.29 is 87.0 Å². The Morgan fingerprint density at radius 1 is 0.468 bits per heavy atom. The van der Waals surface area contributed by atoms with Crippen LogP contribution in [0.15, 0.2) is 140 Å². The van der Waals surface area contributed by atoms with Gasteiger partial charge in [0.15, 0.2) is 0 Å². The fourth-order valence-electron chi connectivity index (χ4n) is 18.8. The van der Waals surface area contributed by atoms with Gasteiger partial charge < -0.3 is 113 Å². The maximum Gasteiger partial charge on any atom is 0.266 e. The zero-order valence-corrected chi connectivity index (χ0v) is 69.5. The van der Waals surface area contributed by atoms with E-state index in [1.807, 2.05) is 115 Å². The minimum absolute atomic E-state index is 0.0669. The van der Waals surface area contributed by atoms with Gasteiger partial charge in [-0.3, -0.25) is 0 Å². The van der Waals surface area contributed by atoms with Gasteiger partial charge in [-0.2, -0.15) is 5.26 Å². The first-order chi connectivity index (χ1) is 61.0. The van der Waals surface area contributed by atoms with Gasteiger partial charge in [-0.1, -0.05) is 17.3 Å². The standard InChI is InChI=1S/C24H25N5O4.C22H23F3N4O3.C22H23N5O4.C22H26N4O4/c1-13-17-3-5-29(24(17)27-12-26-13)19-8-21(23(31)22(19)30)33-20-7-15(16-9-28-32-11-16)6-14-2-4-25-10-18(14)20;1-10-11-3-5-29(22(11)28-9-27-10)15-7-17(20(31)19(15)30)32-16-6-13(21(24)25)18(23)12-2-4-26-8-14(12)16;1-12-14-2-4-27(22(14)26-11-25-12)16-8-19(21(29)20(16)28)31-18-7-13(9-23)6-17-15(18)10-24-3-5-30-17;1-12-9-23-10-15-17(29-12)4-3-5-18(15)30-19-8-16(20(27)21(19)28)26-7-6-14-13(2)24-11-25-22(14)26/h3,5-7,9,11-12,19,21-23,25,30-31H,2,4,8,10H2,1H3;3,5-6,9,15,17,19-21,26,30-31H,2,4,7-8H2,1H3;2,4,6-7,11,16,19-21,24,28-29H,3,5,8,10H2,1H3;3-7,11-12,16,19-21,23,27-28H,8-10H2,1-2H3/t19-,21+,22+,23-;15-,17+,19+,20-;16-,19+,20+,21-;12-,16-,19+,20+,21-/m1111/s1. The maximum atomic E-state index is 14.6. The molecule has 0 bridgehead atoms. The van der Waals surface area contributed by atoms with Gasteiger partial charge >= 0.3 is 0 Å². The van der Waals surface area contributed by atoms with Crippen LogP contribution in [0.1, 0.15) is 130 Å². The second-order valence-corrected chi connectivity index (χ2v) is 33.2. The van der Waals surface area contributed by atoms with E-state index in [-0.39, 0.29) is 48.9 Å². The average molecular weight is 1730 g/mol. The van der Waals surface area contributed by atoms with Crippen LogP contribution >= 0.6 is 0 Å². The molecule has 0 unspecified atom stereocenters. The zero-order chi connectivity index (χ0) is 87.5. The number of fused-ring (bicyclic) bond motifs is 8. The highest BCUT2D eigenvalue weighted by atomic mass is 19.3. The molecule has 13 heterocycles. The van der Waals surface area contributed by atoms with Gasteiger partial charge in [0.1, 0.15) is 180 Å². The van der Waals surface area contributed by atoms with Gasteiger partial charge in [0.2, 0.25) is 0 Å². The lowest BCUT2D eigenvalue weighted by molar-refractivity contribution is -0.0167. The van der Waals surface area contributed by atoms with E-state index in [9.17, 15) is 59.3 Å². The van der Waals surface area contributed by atoms with Crippen molar-refractivity contribution in [2.24, 2.45) is 0 Å². The van der Waals surface area contributed by atoms with Crippen LogP contribution in [0.25, 0.3) is 55.3 Å². The third kappa shape index (κ3) is 16.4. The fourth-order valence-corrected chi connectivity index (χ4v) is 18.8. The highest BCUT2D eigenvalue weighted by Gasteiger charge is 2.49. The minimum Gasteiger partial charge on any atom is -0.492 e. The number of nitrogens with one attached hydrogen (secondary N) is 4. The zero-order valence-electron chi connectivity index (χ0n) is 69.5. The first-order valence-electron chi connectivity index (χ1n) is 42.3. The van der Waals surface area contributed by atoms with Gasteiger partial charge in [-0.15, -0.1) is 0 Å². The lowest BCUT2D eigenvalue weighted by Crippen LogP contribution is -2.35. The summed E-state index contributed by atoms with van der Waals surface area (Å²) in [5.41, 5.74) is 12.5. The monoisotopic (exact) mass is 1730 g/mol. The molecule has 9 aromatic heterocycles. The van der Waals surface area contributed by atoms with E-state index in [0.717, 1.165) is 115 Å². The Hall–Kier alpha value is -11.8. The molecule has 8 aliphatic rings. The summed E-state index contributed by atoms with van der Waals surface area (Å²) in [6, 6.07) is 22.3. The molecule has 0 spiro atoms. The summed E-state index contributed by atoms with van der Waals surface area (Å²) >= 11 is 0. The Bertz CT molecular complexity index is 6190. The van der Waals surface area contributed by atoms with Crippen LogP contribution < -0.4 is 49.7 Å². The van der Waals surface area contributed by atoms with Crippen LogP contribution in [0, 0.1) is 44.8 Å². The van der Waals surface area contributed by atoms with Crippen LogP contribution in [0.5, 0.6) is 34.5 Å². The largest absolute Gasteiger partial charge is 0.492 e. The first kappa shape index (κ1) is 85.0. The number of nitrogens with zero attached hydrogens (tertiary/aromatic N) is 14. The molecule has 13 aromatic rings. The number of hydrogen-bond acceptors (Lipinski definition) is 29. The lowest BCUT2D eigenvalue weighted by atomic mass is 9.95. The SMILES string of the molecule is Cc1ncnc2c1ccn2[C@@H]1C[C@H](Oc2cc(-c3cnoc3)cc3c2CNCC3)[C@@H](O)[C@H]1O.Cc1ncnc2c1ccn2[C@@H]1C[C@H](Oc2cc(C#N)cc3c2CNCCO3)[C@@H](O)[C@H]1O.Cc1ncnc2c1ccn2[C@@H]1C[C@H](Oc2cc(C(F)F)c(F)c3c2CNCC3)[C@@H](O)[C@H]1O.Cc1ncnc2c1ccn2[C@@H]1C[C@H](Oc2cccc3c2CNC[C@@H](C)O3)[C@@H](O)[C@H]1O. The second-order valence-electron chi connectivity index (χ2n) is 33.2. The van der Waals surface area contributed by atoms with Gasteiger partial charge in [0, 0.05) is 134 Å². The van der Waals surface area contributed by atoms with E-state index in [1.165, 1.54) is 30.9 Å².